The molecule has 1 unspecified atom stereocenters. The summed E-state index contributed by atoms with van der Waals surface area (Å²) in [4.78, 5) is 27.8. The quantitative estimate of drug-likeness (QED) is 0.850. The van der Waals surface area contributed by atoms with E-state index in [4.69, 9.17) is 0 Å². The van der Waals surface area contributed by atoms with Crippen LogP contribution in [-0.2, 0) is 9.59 Å². The molecule has 1 atom stereocenters. The molecule has 114 valence electrons. The van der Waals surface area contributed by atoms with E-state index in [2.05, 4.69) is 4.90 Å². The molecule has 2 aliphatic heterocycles. The molecule has 0 aromatic rings. The lowest BCUT2D eigenvalue weighted by Gasteiger charge is -2.44. The van der Waals surface area contributed by atoms with Gasteiger partial charge in [-0.05, 0) is 44.2 Å². The van der Waals surface area contributed by atoms with Crippen LogP contribution in [0.2, 0.25) is 0 Å². The van der Waals surface area contributed by atoms with Gasteiger partial charge < -0.3 is 14.9 Å². The molecule has 1 N–H and O–H groups in total. The summed E-state index contributed by atoms with van der Waals surface area (Å²) in [6, 6.07) is -0.678. The van der Waals surface area contributed by atoms with Crippen molar-refractivity contribution in [1.29, 1.82) is 0 Å². The lowest BCUT2D eigenvalue weighted by Crippen LogP contribution is -2.56. The number of carbonyl (C=O) groups is 2. The third-order valence-corrected chi connectivity index (χ3v) is 4.67. The molecule has 0 aromatic carbocycles. The van der Waals surface area contributed by atoms with E-state index in [9.17, 15) is 14.7 Å². The predicted molar refractivity (Wildman–Crippen MR) is 76.4 cm³/mol. The van der Waals surface area contributed by atoms with E-state index in [-0.39, 0.29) is 11.3 Å². The van der Waals surface area contributed by atoms with Crippen LogP contribution in [0.1, 0.15) is 46.0 Å². The van der Waals surface area contributed by atoms with E-state index >= 15 is 0 Å². The van der Waals surface area contributed by atoms with E-state index in [0.29, 0.717) is 13.0 Å². The fraction of sp³-hybridized carbons (Fsp3) is 0.867. The molecule has 5 heteroatoms. The summed E-state index contributed by atoms with van der Waals surface area (Å²) in [5.74, 6) is -0.874. The normalized spacial score (nSPS) is 26.7. The Bertz CT molecular complexity index is 375. The number of hydrogen-bond donors (Lipinski definition) is 1. The third-order valence-electron chi connectivity index (χ3n) is 4.67. The summed E-state index contributed by atoms with van der Waals surface area (Å²) in [5.41, 5.74) is -0.340. The molecule has 0 aromatic heterocycles. The van der Waals surface area contributed by atoms with Gasteiger partial charge in [0.05, 0.1) is 0 Å². The van der Waals surface area contributed by atoms with Crippen molar-refractivity contribution in [2.24, 2.45) is 5.41 Å². The van der Waals surface area contributed by atoms with Gasteiger partial charge in [-0.3, -0.25) is 4.79 Å². The van der Waals surface area contributed by atoms with Gasteiger partial charge in [0, 0.05) is 19.5 Å². The number of carbonyl (C=O) groups excluding carboxylic acids is 1. The zero-order valence-corrected chi connectivity index (χ0v) is 12.6. The van der Waals surface area contributed by atoms with Crippen LogP contribution in [0.15, 0.2) is 0 Å². The lowest BCUT2D eigenvalue weighted by atomic mass is 9.76. The Labute approximate surface area is 120 Å². The van der Waals surface area contributed by atoms with Crippen molar-refractivity contribution in [3.05, 3.63) is 0 Å². The second kappa shape index (κ2) is 6.12. The largest absolute Gasteiger partial charge is 0.480 e. The van der Waals surface area contributed by atoms with Crippen LogP contribution in [0.5, 0.6) is 0 Å². The zero-order valence-electron chi connectivity index (χ0n) is 12.6. The van der Waals surface area contributed by atoms with Gasteiger partial charge >= 0.3 is 5.97 Å². The topological polar surface area (TPSA) is 60.9 Å². The van der Waals surface area contributed by atoms with Crippen molar-refractivity contribution in [2.45, 2.75) is 52.0 Å². The van der Waals surface area contributed by atoms with Gasteiger partial charge in [0.25, 0.3) is 0 Å². The van der Waals surface area contributed by atoms with Gasteiger partial charge in [0.1, 0.15) is 6.04 Å². The van der Waals surface area contributed by atoms with Crippen molar-refractivity contribution in [3.63, 3.8) is 0 Å². The molecule has 0 bridgehead atoms. The van der Waals surface area contributed by atoms with Gasteiger partial charge in [-0.1, -0.05) is 13.8 Å². The molecule has 2 heterocycles. The highest BCUT2D eigenvalue weighted by atomic mass is 16.4. The minimum absolute atomic E-state index is 0.00271. The first kappa shape index (κ1) is 15.3. The number of aliphatic carboxylic acids is 1. The Morgan fingerprint density at radius 3 is 2.40 bits per heavy atom. The first-order valence-electron chi connectivity index (χ1n) is 7.66. The highest BCUT2D eigenvalue weighted by Gasteiger charge is 2.44. The van der Waals surface area contributed by atoms with Gasteiger partial charge in [-0.2, -0.15) is 0 Å². The number of nitrogens with zero attached hydrogens (tertiary/aromatic N) is 2. The van der Waals surface area contributed by atoms with Crippen LogP contribution in [0.4, 0.5) is 0 Å². The summed E-state index contributed by atoms with van der Waals surface area (Å²) in [7, 11) is 0. The van der Waals surface area contributed by atoms with Crippen LogP contribution < -0.4 is 0 Å². The third kappa shape index (κ3) is 3.32. The number of carboxylic acid groups (broad SMARTS) is 1. The molecule has 2 aliphatic rings. The molecule has 0 aliphatic carbocycles. The van der Waals surface area contributed by atoms with Crippen LogP contribution in [0.25, 0.3) is 0 Å². The van der Waals surface area contributed by atoms with Crippen LogP contribution in [0, 0.1) is 5.41 Å². The van der Waals surface area contributed by atoms with E-state index in [1.165, 1.54) is 12.8 Å². The zero-order chi connectivity index (χ0) is 14.8. The molecule has 0 radical (unpaired) electrons. The average molecular weight is 282 g/mol. The first-order chi connectivity index (χ1) is 9.42. The molecule has 0 saturated carbocycles. The maximum Gasteiger partial charge on any atom is 0.326 e. The first-order valence-corrected chi connectivity index (χ1v) is 7.66. The molecule has 0 spiro atoms. The van der Waals surface area contributed by atoms with E-state index in [1.807, 2.05) is 13.8 Å². The Hall–Kier alpha value is -1.10. The maximum atomic E-state index is 12.4. The number of likely N-dealkylation sites (tertiary alicyclic amines) is 2. The summed E-state index contributed by atoms with van der Waals surface area (Å²) >= 11 is 0. The number of amides is 1. The summed E-state index contributed by atoms with van der Waals surface area (Å²) in [6.45, 7) is 7.39. The molecular formula is C15H26N2O3. The van der Waals surface area contributed by atoms with Crippen molar-refractivity contribution in [1.82, 2.24) is 9.80 Å². The van der Waals surface area contributed by atoms with Crippen molar-refractivity contribution in [3.8, 4) is 0 Å². The highest BCUT2D eigenvalue weighted by Crippen LogP contribution is 2.35. The lowest BCUT2D eigenvalue weighted by molar-refractivity contribution is -0.159. The molecular weight excluding hydrogens is 256 g/mol. The van der Waals surface area contributed by atoms with Crippen molar-refractivity contribution < 1.29 is 14.7 Å². The SMILES string of the molecule is CC1(C)CCCN(C(=O)CCN2CCCC2)C1C(=O)O. The molecule has 2 saturated heterocycles. The average Bonchev–Trinajstić information content (AvgIpc) is 2.86. The van der Waals surface area contributed by atoms with Gasteiger partial charge in [0.2, 0.25) is 5.91 Å². The molecule has 1 amide bonds. The highest BCUT2D eigenvalue weighted by molar-refractivity contribution is 5.84. The minimum atomic E-state index is -0.871. The Kier molecular flexibility index (Phi) is 4.68. The Morgan fingerprint density at radius 1 is 1.15 bits per heavy atom. The molecule has 5 nitrogen and oxygen atoms in total. The Morgan fingerprint density at radius 2 is 1.80 bits per heavy atom. The minimum Gasteiger partial charge on any atom is -0.480 e. The smallest absolute Gasteiger partial charge is 0.326 e. The summed E-state index contributed by atoms with van der Waals surface area (Å²) < 4.78 is 0. The van der Waals surface area contributed by atoms with E-state index in [0.717, 1.165) is 32.5 Å². The fourth-order valence-corrected chi connectivity index (χ4v) is 3.53. The van der Waals surface area contributed by atoms with Crippen molar-refractivity contribution in [2.75, 3.05) is 26.2 Å². The standard InChI is InChI=1S/C15H26N2O3/c1-15(2)7-5-10-17(13(15)14(19)20)12(18)6-11-16-8-3-4-9-16/h13H,3-11H2,1-2H3,(H,19,20). The predicted octanol–water partition coefficient (Wildman–Crippen LogP) is 1.57. The monoisotopic (exact) mass is 282 g/mol. The number of piperidine rings is 1. The molecule has 2 fully saturated rings. The summed E-state index contributed by atoms with van der Waals surface area (Å²) in [6.07, 6.45) is 4.62. The van der Waals surface area contributed by atoms with E-state index < -0.39 is 12.0 Å². The molecule has 2 rings (SSSR count). The number of hydrogen-bond acceptors (Lipinski definition) is 3. The second-order valence-corrected chi connectivity index (χ2v) is 6.72. The van der Waals surface area contributed by atoms with Crippen LogP contribution in [-0.4, -0.2) is 59.0 Å². The van der Waals surface area contributed by atoms with E-state index in [1.54, 1.807) is 4.90 Å². The van der Waals surface area contributed by atoms with Gasteiger partial charge in [-0.15, -0.1) is 0 Å². The van der Waals surface area contributed by atoms with Gasteiger partial charge in [-0.25, -0.2) is 4.79 Å². The van der Waals surface area contributed by atoms with Gasteiger partial charge in [0.15, 0.2) is 0 Å². The number of rotatable bonds is 4. The van der Waals surface area contributed by atoms with Crippen molar-refractivity contribution >= 4 is 11.9 Å². The Balaban J connectivity index is 1.97. The number of carboxylic acids is 1. The van der Waals surface area contributed by atoms with Crippen LogP contribution in [0.3, 0.4) is 0 Å². The summed E-state index contributed by atoms with van der Waals surface area (Å²) in [5, 5.41) is 9.47. The van der Waals surface area contributed by atoms with Crippen LogP contribution >= 0.6 is 0 Å². The maximum absolute atomic E-state index is 12.4. The fourth-order valence-electron chi connectivity index (χ4n) is 3.53. The second-order valence-electron chi connectivity index (χ2n) is 6.72. The molecule has 20 heavy (non-hydrogen) atoms.